The van der Waals surface area contributed by atoms with Crippen molar-refractivity contribution >= 4 is 5.78 Å². The molecule has 5 saturated carbocycles. The Bertz CT molecular complexity index is 542. The third-order valence-corrected chi connectivity index (χ3v) is 9.80. The van der Waals surface area contributed by atoms with Crippen molar-refractivity contribution in [1.82, 2.24) is 0 Å². The Hall–Kier alpha value is -0.370. The lowest BCUT2D eigenvalue weighted by Crippen LogP contribution is -2.57. The van der Waals surface area contributed by atoms with Crippen LogP contribution in [-0.4, -0.2) is 17.0 Å². The predicted molar refractivity (Wildman–Crippen MR) is 94.4 cm³/mol. The number of ketones is 1. The van der Waals surface area contributed by atoms with E-state index in [-0.39, 0.29) is 11.5 Å². The van der Waals surface area contributed by atoms with E-state index in [2.05, 4.69) is 6.92 Å². The van der Waals surface area contributed by atoms with Gasteiger partial charge in [0.2, 0.25) is 0 Å². The molecule has 0 heterocycles. The molecule has 1 N–H and O–H groups in total. The molecule has 5 aliphatic carbocycles. The van der Waals surface area contributed by atoms with Gasteiger partial charge in [0.25, 0.3) is 0 Å². The highest BCUT2D eigenvalue weighted by Gasteiger charge is 2.64. The second-order valence-corrected chi connectivity index (χ2v) is 10.3. The van der Waals surface area contributed by atoms with E-state index in [1.807, 2.05) is 0 Å². The van der Waals surface area contributed by atoms with Gasteiger partial charge >= 0.3 is 0 Å². The second-order valence-electron chi connectivity index (χ2n) is 10.3. The van der Waals surface area contributed by atoms with Crippen LogP contribution in [0.3, 0.4) is 0 Å². The topological polar surface area (TPSA) is 37.3 Å². The quantitative estimate of drug-likeness (QED) is 0.696. The number of rotatable bonds is 0. The molecule has 0 aromatic heterocycles. The van der Waals surface area contributed by atoms with Gasteiger partial charge in [-0.05, 0) is 106 Å². The molecule has 8 atom stereocenters. The molecule has 24 heavy (non-hydrogen) atoms. The lowest BCUT2D eigenvalue weighted by Gasteiger charge is -2.61. The maximum Gasteiger partial charge on any atom is 0.139 e. The Morgan fingerprint density at radius 2 is 1.75 bits per heavy atom. The average Bonchev–Trinajstić information content (AvgIpc) is 2.97. The van der Waals surface area contributed by atoms with E-state index in [1.54, 1.807) is 0 Å². The van der Waals surface area contributed by atoms with Crippen LogP contribution in [0.1, 0.15) is 84.0 Å². The summed E-state index contributed by atoms with van der Waals surface area (Å²) >= 11 is 0. The van der Waals surface area contributed by atoms with Crippen LogP contribution in [0.4, 0.5) is 0 Å². The normalized spacial score (nSPS) is 56.8. The van der Waals surface area contributed by atoms with Crippen LogP contribution in [0, 0.1) is 40.4 Å². The molecule has 2 heteroatoms. The summed E-state index contributed by atoms with van der Waals surface area (Å²) in [6, 6.07) is 0. The van der Waals surface area contributed by atoms with E-state index in [4.69, 9.17) is 0 Å². The number of fused-ring (bicyclic) bond motifs is 4. The molecule has 134 valence electrons. The SMILES string of the molecule is C[C@]12CC[C@@H](O)CC1CCC1C3CCC4CCCC(=O)C43CCC12. The number of carbonyl (C=O) groups excluding carboxylic acids is 1. The highest BCUT2D eigenvalue weighted by Crippen LogP contribution is 2.69. The highest BCUT2D eigenvalue weighted by molar-refractivity contribution is 5.86. The highest BCUT2D eigenvalue weighted by atomic mass is 16.3. The van der Waals surface area contributed by atoms with Gasteiger partial charge in [-0.2, -0.15) is 0 Å². The van der Waals surface area contributed by atoms with Gasteiger partial charge in [0, 0.05) is 11.8 Å². The zero-order chi connectivity index (χ0) is 16.5. The summed E-state index contributed by atoms with van der Waals surface area (Å²) in [5, 5.41) is 10.2. The monoisotopic (exact) mass is 330 g/mol. The minimum Gasteiger partial charge on any atom is -0.393 e. The van der Waals surface area contributed by atoms with Gasteiger partial charge in [0.15, 0.2) is 0 Å². The maximum atomic E-state index is 13.1. The van der Waals surface area contributed by atoms with Gasteiger partial charge in [-0.15, -0.1) is 0 Å². The molecule has 0 amide bonds. The van der Waals surface area contributed by atoms with Crippen molar-refractivity contribution < 1.29 is 9.90 Å². The minimum atomic E-state index is -0.0506. The fraction of sp³-hybridized carbons (Fsp3) is 0.955. The molecule has 1 spiro atoms. The number of carbonyl (C=O) groups is 1. The summed E-state index contributed by atoms with van der Waals surface area (Å²) in [6.45, 7) is 2.55. The lowest BCUT2D eigenvalue weighted by molar-refractivity contribution is -0.158. The summed E-state index contributed by atoms with van der Waals surface area (Å²) in [6.07, 6.45) is 14.4. The van der Waals surface area contributed by atoms with Crippen LogP contribution in [-0.2, 0) is 4.79 Å². The summed E-state index contributed by atoms with van der Waals surface area (Å²) < 4.78 is 0. The van der Waals surface area contributed by atoms with Crippen LogP contribution in [0.15, 0.2) is 0 Å². The Labute approximate surface area is 146 Å². The number of aliphatic hydroxyl groups is 1. The molecule has 0 saturated heterocycles. The molecule has 2 nitrogen and oxygen atoms in total. The van der Waals surface area contributed by atoms with Crippen LogP contribution >= 0.6 is 0 Å². The van der Waals surface area contributed by atoms with Crippen molar-refractivity contribution in [2.24, 2.45) is 40.4 Å². The zero-order valence-electron chi connectivity index (χ0n) is 15.3. The van der Waals surface area contributed by atoms with E-state index >= 15 is 0 Å². The molecule has 0 radical (unpaired) electrons. The Morgan fingerprint density at radius 1 is 0.917 bits per heavy atom. The van der Waals surface area contributed by atoms with Crippen molar-refractivity contribution in [3.05, 3.63) is 0 Å². The van der Waals surface area contributed by atoms with Crippen LogP contribution in [0.2, 0.25) is 0 Å². The van der Waals surface area contributed by atoms with Crippen LogP contribution < -0.4 is 0 Å². The maximum absolute atomic E-state index is 13.1. The van der Waals surface area contributed by atoms with Gasteiger partial charge in [-0.1, -0.05) is 6.92 Å². The molecule has 5 fully saturated rings. The fourth-order valence-corrected chi connectivity index (χ4v) is 8.74. The van der Waals surface area contributed by atoms with Crippen molar-refractivity contribution in [3.63, 3.8) is 0 Å². The summed E-state index contributed by atoms with van der Waals surface area (Å²) in [4.78, 5) is 13.1. The molecule has 0 aliphatic heterocycles. The average molecular weight is 331 g/mol. The minimum absolute atomic E-state index is 0.0506. The van der Waals surface area contributed by atoms with E-state index in [9.17, 15) is 9.90 Å². The van der Waals surface area contributed by atoms with E-state index in [0.717, 1.165) is 49.4 Å². The third kappa shape index (κ3) is 1.90. The molecule has 6 unspecified atom stereocenters. The van der Waals surface area contributed by atoms with E-state index < -0.39 is 0 Å². The zero-order valence-corrected chi connectivity index (χ0v) is 15.3. The smallest absolute Gasteiger partial charge is 0.139 e. The fourth-order valence-electron chi connectivity index (χ4n) is 8.74. The van der Waals surface area contributed by atoms with Crippen molar-refractivity contribution in [1.29, 1.82) is 0 Å². The van der Waals surface area contributed by atoms with Gasteiger partial charge in [-0.3, -0.25) is 4.79 Å². The Kier molecular flexibility index (Phi) is 3.51. The molecule has 0 aromatic rings. The number of Topliss-reactive ketones (excluding diaryl/α,β-unsaturated/α-hetero) is 1. The summed E-state index contributed by atoms with van der Waals surface area (Å²) in [7, 11) is 0. The second kappa shape index (κ2) is 5.32. The van der Waals surface area contributed by atoms with Gasteiger partial charge in [0.1, 0.15) is 5.78 Å². The molecular formula is C22H34O2. The summed E-state index contributed by atoms with van der Waals surface area (Å²) in [5.74, 6) is 4.46. The lowest BCUT2D eigenvalue weighted by atomic mass is 9.43. The first-order valence-electron chi connectivity index (χ1n) is 10.8. The molecule has 0 bridgehead atoms. The standard InChI is InChI=1S/C22H34O2/c1-21-11-9-16(23)13-15(21)5-7-17-18(21)10-12-22-14(6-8-19(17)22)3-2-4-20(22)24/h14-19,23H,2-13H2,1H3/t14?,15?,16-,17?,18?,19?,21+,22?/m1/s1. The number of hydrogen-bond donors (Lipinski definition) is 1. The first-order valence-corrected chi connectivity index (χ1v) is 10.8. The first-order chi connectivity index (χ1) is 11.6. The summed E-state index contributed by atoms with van der Waals surface area (Å²) in [5.41, 5.74) is 0.552. The van der Waals surface area contributed by atoms with E-state index in [0.29, 0.717) is 17.1 Å². The third-order valence-electron chi connectivity index (χ3n) is 9.80. The van der Waals surface area contributed by atoms with Gasteiger partial charge in [-0.25, -0.2) is 0 Å². The molecule has 5 aliphatic rings. The number of hydrogen-bond acceptors (Lipinski definition) is 2. The van der Waals surface area contributed by atoms with Crippen molar-refractivity contribution in [3.8, 4) is 0 Å². The molecular weight excluding hydrogens is 296 g/mol. The first kappa shape index (κ1) is 15.9. The van der Waals surface area contributed by atoms with Gasteiger partial charge in [0.05, 0.1) is 6.10 Å². The van der Waals surface area contributed by atoms with Crippen LogP contribution in [0.25, 0.3) is 0 Å². The predicted octanol–water partition coefficient (Wildman–Crippen LogP) is 4.74. The molecule has 5 rings (SSSR count). The molecule has 0 aromatic carbocycles. The van der Waals surface area contributed by atoms with Gasteiger partial charge < -0.3 is 5.11 Å². The largest absolute Gasteiger partial charge is 0.393 e. The Morgan fingerprint density at radius 3 is 2.62 bits per heavy atom. The van der Waals surface area contributed by atoms with Crippen LogP contribution in [0.5, 0.6) is 0 Å². The van der Waals surface area contributed by atoms with Crippen molar-refractivity contribution in [2.75, 3.05) is 0 Å². The van der Waals surface area contributed by atoms with E-state index in [1.165, 1.54) is 51.4 Å². The van der Waals surface area contributed by atoms with Crippen molar-refractivity contribution in [2.45, 2.75) is 90.1 Å². The Balaban J connectivity index is 1.48. The number of aliphatic hydroxyl groups excluding tert-OH is 1.